The lowest BCUT2D eigenvalue weighted by atomic mass is 10.0. The topological polar surface area (TPSA) is 78.9 Å². The molecule has 0 bridgehead atoms. The summed E-state index contributed by atoms with van der Waals surface area (Å²) in [5.74, 6) is -0.0192. The third-order valence-corrected chi connectivity index (χ3v) is 10.8. The second-order valence-corrected chi connectivity index (χ2v) is 16.9. The highest BCUT2D eigenvalue weighted by atomic mass is 16.6. The van der Waals surface area contributed by atoms with Crippen LogP contribution in [0.5, 0.6) is 0 Å². The van der Waals surface area contributed by atoms with Crippen molar-refractivity contribution in [3.63, 3.8) is 0 Å². The van der Waals surface area contributed by atoms with Crippen LogP contribution < -0.4 is 0 Å². The van der Waals surface area contributed by atoms with Crippen molar-refractivity contribution in [1.29, 1.82) is 0 Å². The maximum Gasteiger partial charge on any atom is 0.306 e. The van der Waals surface area contributed by atoms with Gasteiger partial charge in [0.2, 0.25) is 0 Å². The molecule has 0 aromatic rings. The van der Waals surface area contributed by atoms with E-state index in [2.05, 4.69) is 27.7 Å². The zero-order chi connectivity index (χ0) is 39.6. The van der Waals surface area contributed by atoms with E-state index in [4.69, 9.17) is 14.2 Å². The van der Waals surface area contributed by atoms with Crippen LogP contribution in [0.2, 0.25) is 0 Å². The average Bonchev–Trinajstić information content (AvgIpc) is 3.15. The lowest BCUT2D eigenvalue weighted by Crippen LogP contribution is -2.30. The van der Waals surface area contributed by atoms with Gasteiger partial charge in [-0.25, -0.2) is 0 Å². The van der Waals surface area contributed by atoms with Crippen LogP contribution in [-0.2, 0) is 28.6 Å². The number of rotatable bonds is 43. The third-order valence-electron chi connectivity index (χ3n) is 10.8. The van der Waals surface area contributed by atoms with Gasteiger partial charge in [-0.1, -0.05) is 227 Å². The number of ether oxygens (including phenoxy) is 3. The molecule has 0 aliphatic carbocycles. The highest BCUT2D eigenvalue weighted by molar-refractivity contribution is 5.71. The van der Waals surface area contributed by atoms with Crippen molar-refractivity contribution in [3.8, 4) is 0 Å². The van der Waals surface area contributed by atoms with Gasteiger partial charge in [0.25, 0.3) is 0 Å². The van der Waals surface area contributed by atoms with E-state index in [1.54, 1.807) is 0 Å². The molecule has 320 valence electrons. The molecule has 1 atom stereocenters. The molecule has 6 heteroatoms. The van der Waals surface area contributed by atoms with E-state index in [1.165, 1.54) is 154 Å². The summed E-state index contributed by atoms with van der Waals surface area (Å²) in [6, 6.07) is 0. The van der Waals surface area contributed by atoms with Crippen LogP contribution in [0, 0.1) is 5.92 Å². The van der Waals surface area contributed by atoms with E-state index in [0.29, 0.717) is 19.3 Å². The standard InChI is InChI=1S/C48H92O6/c1-5-7-9-11-12-13-14-15-19-23-26-29-33-37-41-48(51)54-45(42-52-46(49)39-35-30-10-8-6-2)43-53-47(50)40-36-32-28-25-22-20-17-16-18-21-24-27-31-34-38-44(3)4/h44-45H,5-43H2,1-4H3/t45-/m0/s1. The smallest absolute Gasteiger partial charge is 0.306 e. The van der Waals surface area contributed by atoms with Gasteiger partial charge >= 0.3 is 17.9 Å². The monoisotopic (exact) mass is 765 g/mol. The van der Waals surface area contributed by atoms with Gasteiger partial charge in [0.05, 0.1) is 0 Å². The molecule has 6 nitrogen and oxygen atoms in total. The Labute approximate surface area is 336 Å². The highest BCUT2D eigenvalue weighted by Crippen LogP contribution is 2.17. The minimum atomic E-state index is -0.758. The minimum Gasteiger partial charge on any atom is -0.462 e. The van der Waals surface area contributed by atoms with Crippen LogP contribution in [0.3, 0.4) is 0 Å². The fraction of sp³-hybridized carbons (Fsp3) is 0.938. The van der Waals surface area contributed by atoms with Crippen molar-refractivity contribution in [2.75, 3.05) is 13.2 Å². The first-order chi connectivity index (χ1) is 26.4. The Kier molecular flexibility index (Phi) is 41.3. The van der Waals surface area contributed by atoms with Crippen molar-refractivity contribution in [2.24, 2.45) is 5.92 Å². The number of hydrogen-bond acceptors (Lipinski definition) is 6. The lowest BCUT2D eigenvalue weighted by Gasteiger charge is -2.18. The van der Waals surface area contributed by atoms with Crippen LogP contribution in [-0.4, -0.2) is 37.2 Å². The zero-order valence-corrected chi connectivity index (χ0v) is 36.7. The second kappa shape index (κ2) is 42.6. The van der Waals surface area contributed by atoms with Gasteiger partial charge in [0, 0.05) is 19.3 Å². The molecule has 0 aromatic heterocycles. The van der Waals surface area contributed by atoms with Crippen molar-refractivity contribution < 1.29 is 28.6 Å². The van der Waals surface area contributed by atoms with Crippen LogP contribution >= 0.6 is 0 Å². The number of esters is 3. The van der Waals surface area contributed by atoms with E-state index < -0.39 is 6.10 Å². The van der Waals surface area contributed by atoms with E-state index in [0.717, 1.165) is 70.1 Å². The maximum atomic E-state index is 12.7. The molecule has 0 spiro atoms. The van der Waals surface area contributed by atoms with Gasteiger partial charge in [0.1, 0.15) is 13.2 Å². The Bertz CT molecular complexity index is 811. The first-order valence-corrected chi connectivity index (χ1v) is 23.9. The summed E-state index contributed by atoms with van der Waals surface area (Å²) >= 11 is 0. The van der Waals surface area contributed by atoms with E-state index in [-0.39, 0.29) is 31.1 Å². The average molecular weight is 765 g/mol. The molecule has 0 aliphatic rings. The molecule has 0 unspecified atom stereocenters. The molecule has 0 fully saturated rings. The molecule has 0 amide bonds. The Morgan fingerprint density at radius 2 is 0.611 bits per heavy atom. The number of carbonyl (C=O) groups is 3. The normalized spacial score (nSPS) is 11.9. The summed E-state index contributed by atoms with van der Waals surface area (Å²) in [6.45, 7) is 8.94. The molecule has 0 N–H and O–H groups in total. The molecule has 0 aromatic carbocycles. The van der Waals surface area contributed by atoms with Crippen molar-refractivity contribution >= 4 is 17.9 Å². The summed E-state index contributed by atoms with van der Waals surface area (Å²) in [4.78, 5) is 37.5. The predicted molar refractivity (Wildman–Crippen MR) is 229 cm³/mol. The summed E-state index contributed by atoms with van der Waals surface area (Å²) in [5, 5.41) is 0. The minimum absolute atomic E-state index is 0.0643. The van der Waals surface area contributed by atoms with Gasteiger partial charge in [-0.3, -0.25) is 14.4 Å². The van der Waals surface area contributed by atoms with Gasteiger partial charge in [-0.05, 0) is 25.2 Å². The maximum absolute atomic E-state index is 12.7. The molecule has 0 rings (SSSR count). The summed E-state index contributed by atoms with van der Waals surface area (Å²) in [7, 11) is 0. The predicted octanol–water partition coefficient (Wildman–Crippen LogP) is 15.1. The van der Waals surface area contributed by atoms with E-state index in [9.17, 15) is 14.4 Å². The molecular formula is C48H92O6. The van der Waals surface area contributed by atoms with Crippen LogP contribution in [0.15, 0.2) is 0 Å². The summed E-state index contributed by atoms with van der Waals surface area (Å²) in [6.07, 6.45) is 42.6. The van der Waals surface area contributed by atoms with Crippen molar-refractivity contribution in [3.05, 3.63) is 0 Å². The fourth-order valence-electron chi connectivity index (χ4n) is 7.16. The third kappa shape index (κ3) is 41.6. The Balaban J connectivity index is 4.14. The molecule has 0 saturated heterocycles. The quantitative estimate of drug-likeness (QED) is 0.0349. The van der Waals surface area contributed by atoms with Crippen LogP contribution in [0.4, 0.5) is 0 Å². The summed E-state index contributed by atoms with van der Waals surface area (Å²) < 4.78 is 16.6. The number of hydrogen-bond donors (Lipinski definition) is 0. The van der Waals surface area contributed by atoms with E-state index >= 15 is 0 Å². The largest absolute Gasteiger partial charge is 0.462 e. The zero-order valence-electron chi connectivity index (χ0n) is 36.7. The number of unbranched alkanes of at least 4 members (excludes halogenated alkanes) is 30. The van der Waals surface area contributed by atoms with E-state index in [1.807, 2.05) is 0 Å². The molecule has 0 saturated carbocycles. The first-order valence-electron chi connectivity index (χ1n) is 23.9. The van der Waals surface area contributed by atoms with Gasteiger partial charge in [0.15, 0.2) is 6.10 Å². The highest BCUT2D eigenvalue weighted by Gasteiger charge is 2.19. The van der Waals surface area contributed by atoms with Crippen molar-refractivity contribution in [2.45, 2.75) is 271 Å². The fourth-order valence-corrected chi connectivity index (χ4v) is 7.16. The molecule has 0 heterocycles. The van der Waals surface area contributed by atoms with Gasteiger partial charge in [-0.2, -0.15) is 0 Å². The Hall–Kier alpha value is -1.59. The molecule has 54 heavy (non-hydrogen) atoms. The summed E-state index contributed by atoms with van der Waals surface area (Å²) in [5.41, 5.74) is 0. The van der Waals surface area contributed by atoms with Gasteiger partial charge in [-0.15, -0.1) is 0 Å². The first kappa shape index (κ1) is 52.4. The SMILES string of the molecule is CCCCCCCCCCCCCCCCC(=O)O[C@@H](COC(=O)CCCCCCC)COC(=O)CCCCCCCCCCCCCCCCC(C)C. The van der Waals surface area contributed by atoms with Crippen molar-refractivity contribution in [1.82, 2.24) is 0 Å². The molecule has 0 aliphatic heterocycles. The lowest BCUT2D eigenvalue weighted by molar-refractivity contribution is -0.167. The Morgan fingerprint density at radius 1 is 0.352 bits per heavy atom. The Morgan fingerprint density at radius 3 is 0.907 bits per heavy atom. The van der Waals surface area contributed by atoms with Crippen LogP contribution in [0.1, 0.15) is 265 Å². The van der Waals surface area contributed by atoms with Crippen LogP contribution in [0.25, 0.3) is 0 Å². The number of carbonyl (C=O) groups excluding carboxylic acids is 3. The van der Waals surface area contributed by atoms with Gasteiger partial charge < -0.3 is 14.2 Å². The molecular weight excluding hydrogens is 673 g/mol. The second-order valence-electron chi connectivity index (χ2n) is 16.9. The molecule has 0 radical (unpaired) electrons.